The van der Waals surface area contributed by atoms with Crippen LogP contribution in [-0.4, -0.2) is 29.9 Å². The first-order valence-electron chi connectivity index (χ1n) is 6.43. The van der Waals surface area contributed by atoms with Crippen LogP contribution in [0.15, 0.2) is 29.4 Å². The molecule has 0 aliphatic rings. The van der Waals surface area contributed by atoms with Gasteiger partial charge >= 0.3 is 0 Å². The molecule has 7 heteroatoms. The summed E-state index contributed by atoms with van der Waals surface area (Å²) in [5, 5.41) is 6.85. The van der Waals surface area contributed by atoms with Gasteiger partial charge in [0.1, 0.15) is 11.6 Å². The monoisotopic (exact) mass is 308 g/mol. The molecule has 0 radical (unpaired) electrons. The maximum atomic E-state index is 13.7. The largest absolute Gasteiger partial charge is 0.494 e. The minimum Gasteiger partial charge on any atom is -0.494 e. The zero-order chi connectivity index (χ0) is 15.2. The average molecular weight is 308 g/mol. The number of anilines is 3. The van der Waals surface area contributed by atoms with Crippen LogP contribution in [0.4, 0.5) is 21.7 Å². The van der Waals surface area contributed by atoms with Crippen LogP contribution in [0.25, 0.3) is 0 Å². The van der Waals surface area contributed by atoms with Crippen molar-refractivity contribution in [3.63, 3.8) is 0 Å². The Kier molecular flexibility index (Phi) is 5.21. The lowest BCUT2D eigenvalue weighted by Gasteiger charge is -2.10. The van der Waals surface area contributed by atoms with E-state index in [1.165, 1.54) is 24.9 Å². The van der Waals surface area contributed by atoms with Crippen molar-refractivity contribution in [2.24, 2.45) is 0 Å². The SMILES string of the molecule is CCNc1cc(Nc2ccc(OC)c(F)c2)nc(SC)n1. The number of methoxy groups -OCH3 is 1. The molecule has 5 nitrogen and oxygen atoms in total. The Morgan fingerprint density at radius 1 is 1.24 bits per heavy atom. The van der Waals surface area contributed by atoms with Crippen molar-refractivity contribution in [3.05, 3.63) is 30.1 Å². The highest BCUT2D eigenvalue weighted by atomic mass is 32.2. The molecule has 2 aromatic rings. The van der Waals surface area contributed by atoms with E-state index in [9.17, 15) is 4.39 Å². The number of rotatable bonds is 6. The number of aromatic nitrogens is 2. The molecule has 0 bridgehead atoms. The zero-order valence-electron chi connectivity index (χ0n) is 12.1. The van der Waals surface area contributed by atoms with Crippen LogP contribution in [-0.2, 0) is 0 Å². The second kappa shape index (κ2) is 7.12. The summed E-state index contributed by atoms with van der Waals surface area (Å²) >= 11 is 1.45. The van der Waals surface area contributed by atoms with Crippen molar-refractivity contribution in [2.45, 2.75) is 12.1 Å². The van der Waals surface area contributed by atoms with Gasteiger partial charge in [-0.15, -0.1) is 0 Å². The number of thioether (sulfide) groups is 1. The predicted molar refractivity (Wildman–Crippen MR) is 84.2 cm³/mol. The van der Waals surface area contributed by atoms with Gasteiger partial charge in [0.15, 0.2) is 16.7 Å². The van der Waals surface area contributed by atoms with Gasteiger partial charge in [-0.3, -0.25) is 0 Å². The molecule has 112 valence electrons. The summed E-state index contributed by atoms with van der Waals surface area (Å²) in [6, 6.07) is 6.45. The van der Waals surface area contributed by atoms with Crippen molar-refractivity contribution in [1.29, 1.82) is 0 Å². The Morgan fingerprint density at radius 3 is 2.62 bits per heavy atom. The lowest BCUT2D eigenvalue weighted by atomic mass is 10.3. The molecule has 0 aliphatic heterocycles. The van der Waals surface area contributed by atoms with Gasteiger partial charge in [-0.1, -0.05) is 11.8 Å². The maximum Gasteiger partial charge on any atom is 0.191 e. The van der Waals surface area contributed by atoms with Gasteiger partial charge in [0.05, 0.1) is 7.11 Å². The fraction of sp³-hybridized carbons (Fsp3) is 0.286. The molecular formula is C14H17FN4OS. The molecule has 21 heavy (non-hydrogen) atoms. The Balaban J connectivity index is 2.25. The number of nitrogens with one attached hydrogen (secondary N) is 2. The molecule has 0 spiro atoms. The Labute approximate surface area is 127 Å². The normalized spacial score (nSPS) is 10.3. The molecule has 2 N–H and O–H groups in total. The molecule has 0 unspecified atom stereocenters. The summed E-state index contributed by atoms with van der Waals surface area (Å²) in [7, 11) is 1.43. The first kappa shape index (κ1) is 15.4. The van der Waals surface area contributed by atoms with Crippen molar-refractivity contribution in [2.75, 3.05) is 30.5 Å². The number of ether oxygens (including phenoxy) is 1. The van der Waals surface area contributed by atoms with E-state index in [0.717, 1.165) is 12.4 Å². The van der Waals surface area contributed by atoms with Crippen LogP contribution < -0.4 is 15.4 Å². The molecule has 1 aromatic heterocycles. The van der Waals surface area contributed by atoms with Crippen LogP contribution in [0.5, 0.6) is 5.75 Å². The zero-order valence-corrected chi connectivity index (χ0v) is 12.9. The van der Waals surface area contributed by atoms with Crippen molar-refractivity contribution in [3.8, 4) is 5.75 Å². The van der Waals surface area contributed by atoms with E-state index >= 15 is 0 Å². The predicted octanol–water partition coefficient (Wildman–Crippen LogP) is 3.52. The lowest BCUT2D eigenvalue weighted by Crippen LogP contribution is -2.03. The molecular weight excluding hydrogens is 291 g/mol. The fourth-order valence-electron chi connectivity index (χ4n) is 1.74. The van der Waals surface area contributed by atoms with E-state index in [2.05, 4.69) is 20.6 Å². The Hall–Kier alpha value is -2.02. The van der Waals surface area contributed by atoms with Crippen LogP contribution in [0.1, 0.15) is 6.92 Å². The molecule has 1 heterocycles. The molecule has 0 atom stereocenters. The van der Waals surface area contributed by atoms with Gasteiger partial charge in [0.2, 0.25) is 0 Å². The molecule has 2 rings (SSSR count). The summed E-state index contributed by atoms with van der Waals surface area (Å²) in [6.07, 6.45) is 1.90. The van der Waals surface area contributed by atoms with E-state index < -0.39 is 5.82 Å². The number of benzene rings is 1. The molecule has 0 saturated carbocycles. The van der Waals surface area contributed by atoms with Crippen LogP contribution in [0, 0.1) is 5.82 Å². The lowest BCUT2D eigenvalue weighted by molar-refractivity contribution is 0.386. The summed E-state index contributed by atoms with van der Waals surface area (Å²) in [4.78, 5) is 8.68. The summed E-state index contributed by atoms with van der Waals surface area (Å²) < 4.78 is 18.6. The van der Waals surface area contributed by atoms with E-state index in [4.69, 9.17) is 4.74 Å². The minimum absolute atomic E-state index is 0.210. The third-order valence-electron chi connectivity index (χ3n) is 2.67. The van der Waals surface area contributed by atoms with E-state index in [-0.39, 0.29) is 5.75 Å². The molecule has 0 amide bonds. The second-order valence-corrected chi connectivity index (χ2v) is 4.90. The van der Waals surface area contributed by atoms with E-state index in [1.807, 2.05) is 13.2 Å². The highest BCUT2D eigenvalue weighted by molar-refractivity contribution is 7.98. The average Bonchev–Trinajstić information content (AvgIpc) is 2.47. The smallest absolute Gasteiger partial charge is 0.191 e. The van der Waals surface area contributed by atoms with Crippen LogP contribution in [0.2, 0.25) is 0 Å². The van der Waals surface area contributed by atoms with Gasteiger partial charge in [0, 0.05) is 24.4 Å². The van der Waals surface area contributed by atoms with Gasteiger partial charge in [-0.2, -0.15) is 0 Å². The van der Waals surface area contributed by atoms with E-state index in [0.29, 0.717) is 16.7 Å². The van der Waals surface area contributed by atoms with Crippen molar-refractivity contribution < 1.29 is 9.13 Å². The highest BCUT2D eigenvalue weighted by Crippen LogP contribution is 2.24. The quantitative estimate of drug-likeness (QED) is 0.629. The molecule has 0 saturated heterocycles. The van der Waals surface area contributed by atoms with E-state index in [1.54, 1.807) is 18.2 Å². The first-order chi connectivity index (χ1) is 10.2. The number of hydrogen-bond acceptors (Lipinski definition) is 6. The fourth-order valence-corrected chi connectivity index (χ4v) is 2.12. The van der Waals surface area contributed by atoms with Gasteiger partial charge in [-0.05, 0) is 25.3 Å². The first-order valence-corrected chi connectivity index (χ1v) is 7.66. The van der Waals surface area contributed by atoms with Gasteiger partial charge in [0.25, 0.3) is 0 Å². The van der Waals surface area contributed by atoms with Crippen LogP contribution >= 0.6 is 11.8 Å². The summed E-state index contributed by atoms with van der Waals surface area (Å²) in [5.74, 6) is 1.12. The molecule has 0 fully saturated rings. The number of nitrogens with zero attached hydrogens (tertiary/aromatic N) is 2. The minimum atomic E-state index is -0.423. The van der Waals surface area contributed by atoms with Gasteiger partial charge < -0.3 is 15.4 Å². The molecule has 0 aliphatic carbocycles. The number of halogens is 1. The van der Waals surface area contributed by atoms with Crippen molar-refractivity contribution in [1.82, 2.24) is 9.97 Å². The third kappa shape index (κ3) is 3.98. The highest BCUT2D eigenvalue weighted by Gasteiger charge is 2.07. The third-order valence-corrected chi connectivity index (χ3v) is 3.22. The summed E-state index contributed by atoms with van der Waals surface area (Å²) in [5.41, 5.74) is 0.599. The maximum absolute atomic E-state index is 13.7. The molecule has 1 aromatic carbocycles. The number of hydrogen-bond donors (Lipinski definition) is 2. The summed E-state index contributed by atoms with van der Waals surface area (Å²) in [6.45, 7) is 2.76. The second-order valence-electron chi connectivity index (χ2n) is 4.13. The van der Waals surface area contributed by atoms with Gasteiger partial charge in [-0.25, -0.2) is 14.4 Å². The van der Waals surface area contributed by atoms with Crippen molar-refractivity contribution >= 4 is 29.1 Å². The Morgan fingerprint density at radius 2 is 2.00 bits per heavy atom. The standard InChI is InChI=1S/C14H17FN4OS/c1-4-16-12-8-13(19-14(18-12)21-3)17-9-5-6-11(20-2)10(15)7-9/h5-8H,4H2,1-3H3,(H2,16,17,18,19). The topological polar surface area (TPSA) is 59.1 Å². The Bertz CT molecular complexity index is 624. The van der Waals surface area contributed by atoms with Crippen LogP contribution in [0.3, 0.4) is 0 Å².